The molecule has 2 aromatic rings. The first kappa shape index (κ1) is 10.6. The van der Waals surface area contributed by atoms with Crippen molar-refractivity contribution in [2.45, 2.75) is 0 Å². The van der Waals surface area contributed by atoms with Crippen molar-refractivity contribution in [2.75, 3.05) is 5.33 Å². The average molecular weight is 284 g/mol. The summed E-state index contributed by atoms with van der Waals surface area (Å²) in [6.07, 6.45) is 5.52. The maximum Gasteiger partial charge on any atom is 0.140 e. The second kappa shape index (κ2) is 4.73. The Balaban J connectivity index is 2.54. The van der Waals surface area contributed by atoms with Crippen LogP contribution in [0.3, 0.4) is 0 Å². The highest BCUT2D eigenvalue weighted by Crippen LogP contribution is 2.20. The smallest absolute Gasteiger partial charge is 0.140 e. The molecule has 1 heterocycles. The van der Waals surface area contributed by atoms with E-state index in [1.54, 1.807) is 0 Å². The van der Waals surface area contributed by atoms with E-state index in [9.17, 15) is 0 Å². The summed E-state index contributed by atoms with van der Waals surface area (Å²) in [6.45, 7) is 0. The summed E-state index contributed by atoms with van der Waals surface area (Å²) in [5, 5.41) is 2.22. The van der Waals surface area contributed by atoms with Gasteiger partial charge < -0.3 is 0 Å². The quantitative estimate of drug-likeness (QED) is 0.620. The number of hydrogen-bond donors (Lipinski definition) is 0. The summed E-state index contributed by atoms with van der Waals surface area (Å²) in [5.41, 5.74) is 1.96. The molecular formula is C11H8BrClN2. The van der Waals surface area contributed by atoms with Crippen molar-refractivity contribution < 1.29 is 0 Å². The number of nitrogens with zero attached hydrogens (tertiary/aromatic N) is 2. The lowest BCUT2D eigenvalue weighted by Crippen LogP contribution is -1.84. The summed E-state index contributed by atoms with van der Waals surface area (Å²) < 4.78 is 0. The van der Waals surface area contributed by atoms with E-state index in [0.717, 1.165) is 21.8 Å². The van der Waals surface area contributed by atoms with E-state index in [1.165, 1.54) is 6.33 Å². The third-order valence-corrected chi connectivity index (χ3v) is 2.69. The average Bonchev–Trinajstić information content (AvgIpc) is 2.27. The minimum atomic E-state index is 0.495. The van der Waals surface area contributed by atoms with Crippen LogP contribution in [0, 0.1) is 0 Å². The topological polar surface area (TPSA) is 25.8 Å². The van der Waals surface area contributed by atoms with Crippen LogP contribution in [0.5, 0.6) is 0 Å². The first-order valence-electron chi connectivity index (χ1n) is 4.44. The number of aromatic nitrogens is 2. The molecule has 0 atom stereocenters. The predicted octanol–water partition coefficient (Wildman–Crippen LogP) is 3.69. The lowest BCUT2D eigenvalue weighted by atomic mass is 10.1. The van der Waals surface area contributed by atoms with Crippen LogP contribution in [0.2, 0.25) is 5.15 Å². The van der Waals surface area contributed by atoms with Crippen LogP contribution < -0.4 is 0 Å². The van der Waals surface area contributed by atoms with E-state index in [4.69, 9.17) is 11.6 Å². The van der Waals surface area contributed by atoms with Gasteiger partial charge in [-0.15, -0.1) is 0 Å². The second-order valence-electron chi connectivity index (χ2n) is 3.00. The Kier molecular flexibility index (Phi) is 3.34. The first-order chi connectivity index (χ1) is 7.31. The highest BCUT2D eigenvalue weighted by molar-refractivity contribution is 9.09. The van der Waals surface area contributed by atoms with Crippen molar-refractivity contribution in [1.82, 2.24) is 9.97 Å². The highest BCUT2D eigenvalue weighted by Gasteiger charge is 2.00. The standard InChI is InChI=1S/C11H8BrClN2/c12-5-1-2-8-3-4-10-9(6-8)11(13)15-7-14-10/h1-4,6-7H,5H2. The Hall–Kier alpha value is -0.930. The second-order valence-corrected chi connectivity index (χ2v) is 4.00. The number of alkyl halides is 1. The maximum atomic E-state index is 5.98. The molecule has 0 aliphatic carbocycles. The molecule has 0 radical (unpaired) electrons. The lowest BCUT2D eigenvalue weighted by molar-refractivity contribution is 1.22. The molecule has 0 aliphatic rings. The largest absolute Gasteiger partial charge is 0.236 e. The van der Waals surface area contributed by atoms with E-state index in [-0.39, 0.29) is 0 Å². The molecule has 76 valence electrons. The molecule has 2 rings (SSSR count). The van der Waals surface area contributed by atoms with Gasteiger partial charge in [-0.25, -0.2) is 9.97 Å². The molecule has 0 aliphatic heterocycles. The van der Waals surface area contributed by atoms with Crippen LogP contribution in [-0.4, -0.2) is 15.3 Å². The normalized spacial score (nSPS) is 11.3. The third kappa shape index (κ3) is 2.36. The van der Waals surface area contributed by atoms with Gasteiger partial charge in [-0.05, 0) is 17.7 Å². The number of hydrogen-bond acceptors (Lipinski definition) is 2. The molecule has 0 fully saturated rings. The van der Waals surface area contributed by atoms with Gasteiger partial charge in [0.15, 0.2) is 0 Å². The van der Waals surface area contributed by atoms with Crippen molar-refractivity contribution in [3.05, 3.63) is 41.3 Å². The van der Waals surface area contributed by atoms with Gasteiger partial charge in [-0.1, -0.05) is 45.7 Å². The fourth-order valence-corrected chi connectivity index (χ4v) is 1.71. The summed E-state index contributed by atoms with van der Waals surface area (Å²) in [6, 6.07) is 5.93. The molecule has 2 nitrogen and oxygen atoms in total. The molecule has 0 bridgehead atoms. The van der Waals surface area contributed by atoms with Crippen molar-refractivity contribution in [3.8, 4) is 0 Å². The van der Waals surface area contributed by atoms with Gasteiger partial charge in [0.2, 0.25) is 0 Å². The fourth-order valence-electron chi connectivity index (χ4n) is 1.33. The highest BCUT2D eigenvalue weighted by atomic mass is 79.9. The number of allylic oxidation sites excluding steroid dienone is 1. The molecule has 0 saturated carbocycles. The molecule has 0 saturated heterocycles. The summed E-state index contributed by atoms with van der Waals surface area (Å²) in [4.78, 5) is 8.08. The summed E-state index contributed by atoms with van der Waals surface area (Å²) in [7, 11) is 0. The SMILES string of the molecule is Clc1ncnc2ccc(C=CCBr)cc12. The molecule has 4 heteroatoms. The van der Waals surface area contributed by atoms with Crippen LogP contribution in [-0.2, 0) is 0 Å². The molecule has 0 N–H and O–H groups in total. The Morgan fingerprint density at radius 3 is 3.00 bits per heavy atom. The van der Waals surface area contributed by atoms with Gasteiger partial charge in [0.05, 0.1) is 5.52 Å². The van der Waals surface area contributed by atoms with Crippen molar-refractivity contribution >= 4 is 44.5 Å². The Labute approximate surface area is 101 Å². The Morgan fingerprint density at radius 2 is 2.20 bits per heavy atom. The van der Waals surface area contributed by atoms with Gasteiger partial charge in [0.25, 0.3) is 0 Å². The third-order valence-electron chi connectivity index (χ3n) is 2.01. The van der Waals surface area contributed by atoms with Gasteiger partial charge in [0.1, 0.15) is 11.5 Å². The van der Waals surface area contributed by atoms with Crippen LogP contribution in [0.15, 0.2) is 30.6 Å². The minimum Gasteiger partial charge on any atom is -0.236 e. The van der Waals surface area contributed by atoms with Crippen LogP contribution in [0.25, 0.3) is 17.0 Å². The number of rotatable bonds is 2. The van der Waals surface area contributed by atoms with E-state index in [1.807, 2.05) is 30.4 Å². The van der Waals surface area contributed by atoms with Gasteiger partial charge in [0, 0.05) is 10.7 Å². The van der Waals surface area contributed by atoms with Crippen molar-refractivity contribution in [2.24, 2.45) is 0 Å². The molecule has 0 amide bonds. The van der Waals surface area contributed by atoms with Gasteiger partial charge in [-0.2, -0.15) is 0 Å². The number of fused-ring (bicyclic) bond motifs is 1. The summed E-state index contributed by atoms with van der Waals surface area (Å²) >= 11 is 9.31. The molecule has 1 aromatic carbocycles. The molecule has 0 spiro atoms. The molecular weight excluding hydrogens is 275 g/mol. The molecule has 0 unspecified atom stereocenters. The van der Waals surface area contributed by atoms with E-state index >= 15 is 0 Å². The number of halogens is 2. The zero-order chi connectivity index (χ0) is 10.7. The zero-order valence-corrected chi connectivity index (χ0v) is 10.2. The first-order valence-corrected chi connectivity index (χ1v) is 5.94. The fraction of sp³-hybridized carbons (Fsp3) is 0.0909. The van der Waals surface area contributed by atoms with Gasteiger partial charge in [-0.3, -0.25) is 0 Å². The molecule has 15 heavy (non-hydrogen) atoms. The van der Waals surface area contributed by atoms with Crippen LogP contribution in [0.4, 0.5) is 0 Å². The van der Waals surface area contributed by atoms with Crippen LogP contribution >= 0.6 is 27.5 Å². The lowest BCUT2D eigenvalue weighted by Gasteiger charge is -1.99. The number of benzene rings is 1. The van der Waals surface area contributed by atoms with Gasteiger partial charge >= 0.3 is 0 Å². The Bertz CT molecular complexity index is 511. The van der Waals surface area contributed by atoms with E-state index < -0.39 is 0 Å². The predicted molar refractivity (Wildman–Crippen MR) is 67.4 cm³/mol. The maximum absolute atomic E-state index is 5.98. The van der Waals surface area contributed by atoms with Crippen LogP contribution in [0.1, 0.15) is 5.56 Å². The summed E-state index contributed by atoms with van der Waals surface area (Å²) in [5.74, 6) is 0. The Morgan fingerprint density at radius 1 is 1.33 bits per heavy atom. The zero-order valence-electron chi connectivity index (χ0n) is 7.82. The van der Waals surface area contributed by atoms with E-state index in [0.29, 0.717) is 5.15 Å². The minimum absolute atomic E-state index is 0.495. The van der Waals surface area contributed by atoms with Crippen molar-refractivity contribution in [3.63, 3.8) is 0 Å². The monoisotopic (exact) mass is 282 g/mol. The molecule has 1 aromatic heterocycles. The van der Waals surface area contributed by atoms with Crippen molar-refractivity contribution in [1.29, 1.82) is 0 Å². The van der Waals surface area contributed by atoms with E-state index in [2.05, 4.69) is 25.9 Å².